The highest BCUT2D eigenvalue weighted by molar-refractivity contribution is 4.92. The van der Waals surface area contributed by atoms with Crippen LogP contribution in [0.3, 0.4) is 0 Å². The first-order valence-corrected chi connectivity index (χ1v) is 8.98. The Kier molecular flexibility index (Phi) is 5.36. The molecule has 0 aromatic rings. The Hall–Kier alpha value is -0.120. The van der Waals surface area contributed by atoms with Crippen molar-refractivity contribution in [3.63, 3.8) is 0 Å². The van der Waals surface area contributed by atoms with Gasteiger partial charge in [-0.3, -0.25) is 0 Å². The first kappa shape index (κ1) is 14.8. The van der Waals surface area contributed by atoms with Crippen molar-refractivity contribution in [1.29, 1.82) is 0 Å². The fraction of sp³-hybridized carbons (Fsp3) is 1.00. The van der Waals surface area contributed by atoms with Crippen molar-refractivity contribution in [3.05, 3.63) is 0 Å². The van der Waals surface area contributed by atoms with Crippen LogP contribution in [0.5, 0.6) is 0 Å². The van der Waals surface area contributed by atoms with E-state index in [1.54, 1.807) is 0 Å². The number of aliphatic hydroxyl groups excluding tert-OH is 1. The van der Waals surface area contributed by atoms with E-state index in [4.69, 9.17) is 0 Å². The van der Waals surface area contributed by atoms with Gasteiger partial charge < -0.3 is 15.7 Å². The Balaban J connectivity index is 1.46. The minimum Gasteiger partial charge on any atom is -0.393 e. The van der Waals surface area contributed by atoms with Gasteiger partial charge in [0.2, 0.25) is 0 Å². The summed E-state index contributed by atoms with van der Waals surface area (Å²) in [4.78, 5) is 0. The lowest BCUT2D eigenvalue weighted by molar-refractivity contribution is 0.105. The van der Waals surface area contributed by atoms with Crippen molar-refractivity contribution in [2.45, 2.75) is 82.4 Å². The van der Waals surface area contributed by atoms with E-state index in [2.05, 4.69) is 10.6 Å². The van der Waals surface area contributed by atoms with Crippen LogP contribution in [0.4, 0.5) is 0 Å². The number of hydrogen-bond acceptors (Lipinski definition) is 3. The minimum atomic E-state index is -0.0173. The van der Waals surface area contributed by atoms with Crippen molar-refractivity contribution >= 4 is 0 Å². The van der Waals surface area contributed by atoms with E-state index in [0.29, 0.717) is 0 Å². The number of rotatable bonds is 4. The Morgan fingerprint density at radius 2 is 1.70 bits per heavy atom. The van der Waals surface area contributed by atoms with Crippen molar-refractivity contribution in [2.24, 2.45) is 11.8 Å². The van der Waals surface area contributed by atoms with Crippen LogP contribution in [0, 0.1) is 11.8 Å². The van der Waals surface area contributed by atoms with Crippen LogP contribution in [0.2, 0.25) is 0 Å². The highest BCUT2D eigenvalue weighted by Gasteiger charge is 2.33. The van der Waals surface area contributed by atoms with Crippen LogP contribution >= 0.6 is 0 Å². The van der Waals surface area contributed by atoms with Crippen molar-refractivity contribution in [3.8, 4) is 0 Å². The third-order valence-electron chi connectivity index (χ3n) is 5.92. The molecule has 2 aliphatic carbocycles. The van der Waals surface area contributed by atoms with Gasteiger partial charge in [0.15, 0.2) is 0 Å². The lowest BCUT2D eigenvalue weighted by Crippen LogP contribution is -2.48. The molecule has 3 atom stereocenters. The zero-order valence-electron chi connectivity index (χ0n) is 12.8. The first-order chi connectivity index (χ1) is 9.83. The lowest BCUT2D eigenvalue weighted by Gasteiger charge is -2.37. The second kappa shape index (κ2) is 7.24. The normalized spacial score (nSPS) is 42.8. The Labute approximate surface area is 123 Å². The average Bonchev–Trinajstić information content (AvgIpc) is 3.01. The number of nitrogens with one attached hydrogen (secondary N) is 2. The molecule has 3 rings (SSSR count). The van der Waals surface area contributed by atoms with E-state index >= 15 is 0 Å². The second-order valence-electron chi connectivity index (χ2n) is 7.34. The molecule has 0 amide bonds. The fourth-order valence-electron chi connectivity index (χ4n) is 4.64. The summed E-state index contributed by atoms with van der Waals surface area (Å²) in [5.41, 5.74) is 0. The van der Waals surface area contributed by atoms with Crippen LogP contribution in [0.25, 0.3) is 0 Å². The maximum atomic E-state index is 9.60. The van der Waals surface area contributed by atoms with Crippen LogP contribution < -0.4 is 10.6 Å². The van der Waals surface area contributed by atoms with Gasteiger partial charge in [0.05, 0.1) is 6.10 Å². The van der Waals surface area contributed by atoms with E-state index < -0.39 is 0 Å². The van der Waals surface area contributed by atoms with Gasteiger partial charge in [-0.1, -0.05) is 12.8 Å². The standard InChI is InChI=1S/C17H32N2O/c20-14-9-7-13(8-10-14)12-19-17-5-2-1-4-15(17)16-6-3-11-18-16/h13-20H,1-12H2. The molecule has 3 nitrogen and oxygen atoms in total. The van der Waals surface area contributed by atoms with Crippen LogP contribution in [-0.2, 0) is 0 Å². The smallest absolute Gasteiger partial charge is 0.0540 e. The quantitative estimate of drug-likeness (QED) is 0.741. The molecular weight excluding hydrogens is 248 g/mol. The molecule has 3 N–H and O–H groups in total. The maximum Gasteiger partial charge on any atom is 0.0540 e. The van der Waals surface area contributed by atoms with E-state index in [1.807, 2.05) is 0 Å². The largest absolute Gasteiger partial charge is 0.393 e. The Morgan fingerprint density at radius 3 is 2.45 bits per heavy atom. The zero-order valence-corrected chi connectivity index (χ0v) is 12.8. The molecule has 1 saturated heterocycles. The molecular formula is C17H32N2O. The van der Waals surface area contributed by atoms with Gasteiger partial charge >= 0.3 is 0 Å². The topological polar surface area (TPSA) is 44.3 Å². The molecule has 20 heavy (non-hydrogen) atoms. The van der Waals surface area contributed by atoms with Crippen molar-refractivity contribution in [2.75, 3.05) is 13.1 Å². The molecule has 3 aliphatic rings. The molecule has 3 fully saturated rings. The van der Waals surface area contributed by atoms with E-state index in [9.17, 15) is 5.11 Å². The molecule has 1 aliphatic heterocycles. The first-order valence-electron chi connectivity index (χ1n) is 8.98. The molecule has 0 aromatic heterocycles. The maximum absolute atomic E-state index is 9.60. The van der Waals surface area contributed by atoms with Crippen molar-refractivity contribution in [1.82, 2.24) is 10.6 Å². The molecule has 2 saturated carbocycles. The highest BCUT2D eigenvalue weighted by atomic mass is 16.3. The lowest BCUT2D eigenvalue weighted by atomic mass is 9.78. The summed E-state index contributed by atoms with van der Waals surface area (Å²) in [6.45, 7) is 2.41. The SMILES string of the molecule is OC1CCC(CNC2CCCCC2C2CCCN2)CC1. The minimum absolute atomic E-state index is 0.0173. The van der Waals surface area contributed by atoms with Crippen LogP contribution in [-0.4, -0.2) is 36.4 Å². The van der Waals surface area contributed by atoms with Gasteiger partial charge in [0.1, 0.15) is 0 Å². The van der Waals surface area contributed by atoms with E-state index in [-0.39, 0.29) is 6.10 Å². The third-order valence-corrected chi connectivity index (χ3v) is 5.92. The summed E-state index contributed by atoms with van der Waals surface area (Å²) < 4.78 is 0. The zero-order chi connectivity index (χ0) is 13.8. The summed E-state index contributed by atoms with van der Waals surface area (Å²) in [6.07, 6.45) is 12.8. The monoisotopic (exact) mass is 280 g/mol. The van der Waals surface area contributed by atoms with E-state index in [0.717, 1.165) is 36.8 Å². The summed E-state index contributed by atoms with van der Waals surface area (Å²) >= 11 is 0. The summed E-state index contributed by atoms with van der Waals surface area (Å²) in [6, 6.07) is 1.52. The molecule has 0 spiro atoms. The van der Waals surface area contributed by atoms with Gasteiger partial charge in [-0.15, -0.1) is 0 Å². The van der Waals surface area contributed by atoms with Gasteiger partial charge in [0, 0.05) is 12.1 Å². The fourth-order valence-corrected chi connectivity index (χ4v) is 4.64. The summed E-state index contributed by atoms with van der Waals surface area (Å²) in [5, 5.41) is 17.2. The number of aliphatic hydroxyl groups is 1. The third kappa shape index (κ3) is 3.75. The second-order valence-corrected chi connectivity index (χ2v) is 7.34. The van der Waals surface area contributed by atoms with Gasteiger partial charge in [-0.25, -0.2) is 0 Å². The van der Waals surface area contributed by atoms with E-state index in [1.165, 1.54) is 64.5 Å². The molecule has 1 heterocycles. The van der Waals surface area contributed by atoms with Gasteiger partial charge in [-0.2, -0.15) is 0 Å². The van der Waals surface area contributed by atoms with Gasteiger partial charge in [0.25, 0.3) is 0 Å². The van der Waals surface area contributed by atoms with Crippen LogP contribution in [0.15, 0.2) is 0 Å². The summed E-state index contributed by atoms with van der Waals surface area (Å²) in [5.74, 6) is 1.66. The summed E-state index contributed by atoms with van der Waals surface area (Å²) in [7, 11) is 0. The molecule has 3 unspecified atom stereocenters. The molecule has 3 heteroatoms. The molecule has 0 bridgehead atoms. The molecule has 116 valence electrons. The number of hydrogen-bond donors (Lipinski definition) is 3. The molecule has 0 aromatic carbocycles. The van der Waals surface area contributed by atoms with Crippen molar-refractivity contribution < 1.29 is 5.11 Å². The highest BCUT2D eigenvalue weighted by Crippen LogP contribution is 2.31. The predicted octanol–water partition coefficient (Wildman–Crippen LogP) is 2.44. The predicted molar refractivity (Wildman–Crippen MR) is 82.7 cm³/mol. The average molecular weight is 280 g/mol. The molecule has 0 radical (unpaired) electrons. The van der Waals surface area contributed by atoms with Crippen LogP contribution in [0.1, 0.15) is 64.2 Å². The Morgan fingerprint density at radius 1 is 0.900 bits per heavy atom. The Bertz CT molecular complexity index is 283. The van der Waals surface area contributed by atoms with Gasteiger partial charge in [-0.05, 0) is 76.3 Å².